The molecule has 0 atom stereocenters. The summed E-state index contributed by atoms with van der Waals surface area (Å²) in [5.41, 5.74) is 3.50. The minimum absolute atomic E-state index is 0.219. The van der Waals surface area contributed by atoms with Gasteiger partial charge in [0.2, 0.25) is 5.91 Å². The third-order valence-corrected chi connectivity index (χ3v) is 5.20. The molecule has 0 unspecified atom stereocenters. The summed E-state index contributed by atoms with van der Waals surface area (Å²) in [5, 5.41) is 3.28. The number of hydrogen-bond acceptors (Lipinski definition) is 2. The average Bonchev–Trinajstić information content (AvgIpc) is 3.13. The van der Waals surface area contributed by atoms with Crippen LogP contribution in [0.1, 0.15) is 16.0 Å². The molecule has 1 N–H and O–H groups in total. The highest BCUT2D eigenvalue weighted by Gasteiger charge is 2.22. The molecule has 0 bridgehead atoms. The van der Waals surface area contributed by atoms with Crippen molar-refractivity contribution >= 4 is 28.1 Å². The molecule has 0 aliphatic carbocycles. The largest absolute Gasteiger partial charge is 0.361 e. The van der Waals surface area contributed by atoms with Crippen LogP contribution in [0.25, 0.3) is 10.9 Å². The number of H-pyrrole nitrogens is 1. The average molecular weight is 296 g/mol. The molecule has 0 saturated heterocycles. The highest BCUT2D eigenvalue weighted by atomic mass is 32.1. The Balaban J connectivity index is 1.54. The molecule has 1 aliphatic rings. The number of para-hydroxylation sites is 1. The van der Waals surface area contributed by atoms with Crippen molar-refractivity contribution in [1.82, 2.24) is 9.88 Å². The first-order valence-corrected chi connectivity index (χ1v) is 8.07. The lowest BCUT2D eigenvalue weighted by Gasteiger charge is -2.27. The summed E-state index contributed by atoms with van der Waals surface area (Å²) in [7, 11) is 0. The molecule has 21 heavy (non-hydrogen) atoms. The number of thiophene rings is 1. The summed E-state index contributed by atoms with van der Waals surface area (Å²) in [6.45, 7) is 1.61. The Kier molecular flexibility index (Phi) is 3.04. The van der Waals surface area contributed by atoms with Crippen molar-refractivity contribution in [1.29, 1.82) is 0 Å². The fourth-order valence-electron chi connectivity index (χ4n) is 3.01. The van der Waals surface area contributed by atoms with Crippen molar-refractivity contribution in [3.8, 4) is 0 Å². The Morgan fingerprint density at radius 3 is 3.14 bits per heavy atom. The summed E-state index contributed by atoms with van der Waals surface area (Å²) in [6.07, 6.45) is 3.43. The number of nitrogens with zero attached hydrogens (tertiary/aromatic N) is 1. The maximum atomic E-state index is 12.6. The number of rotatable bonds is 2. The van der Waals surface area contributed by atoms with Crippen LogP contribution in [0.4, 0.5) is 0 Å². The van der Waals surface area contributed by atoms with Gasteiger partial charge in [0.05, 0.1) is 6.42 Å². The molecule has 4 rings (SSSR count). The summed E-state index contributed by atoms with van der Waals surface area (Å²) < 4.78 is 0. The van der Waals surface area contributed by atoms with E-state index in [-0.39, 0.29) is 5.91 Å². The first-order valence-electron chi connectivity index (χ1n) is 7.19. The van der Waals surface area contributed by atoms with Gasteiger partial charge in [0.25, 0.3) is 0 Å². The number of aromatic amines is 1. The predicted octanol–water partition coefficient (Wildman–Crippen LogP) is 3.36. The van der Waals surface area contributed by atoms with Crippen LogP contribution in [0.2, 0.25) is 0 Å². The molecule has 0 saturated carbocycles. The summed E-state index contributed by atoms with van der Waals surface area (Å²) in [6, 6.07) is 10.3. The summed E-state index contributed by atoms with van der Waals surface area (Å²) >= 11 is 1.80. The van der Waals surface area contributed by atoms with Crippen molar-refractivity contribution in [2.45, 2.75) is 19.4 Å². The number of nitrogens with one attached hydrogen (secondary N) is 1. The van der Waals surface area contributed by atoms with Gasteiger partial charge in [-0.3, -0.25) is 4.79 Å². The smallest absolute Gasteiger partial charge is 0.227 e. The van der Waals surface area contributed by atoms with E-state index in [1.807, 2.05) is 29.3 Å². The van der Waals surface area contributed by atoms with Crippen LogP contribution in [0.3, 0.4) is 0 Å². The van der Waals surface area contributed by atoms with Crippen molar-refractivity contribution in [2.75, 3.05) is 6.54 Å². The lowest BCUT2D eigenvalue weighted by Crippen LogP contribution is -2.36. The molecule has 1 aromatic carbocycles. The van der Waals surface area contributed by atoms with Gasteiger partial charge in [-0.25, -0.2) is 0 Å². The van der Waals surface area contributed by atoms with Crippen molar-refractivity contribution in [2.24, 2.45) is 0 Å². The van der Waals surface area contributed by atoms with Crippen LogP contribution in [0.15, 0.2) is 41.9 Å². The molecule has 3 nitrogen and oxygen atoms in total. The fraction of sp³-hybridized carbons (Fsp3) is 0.235. The number of carbonyl (C=O) groups is 1. The normalized spacial score (nSPS) is 14.4. The summed E-state index contributed by atoms with van der Waals surface area (Å²) in [4.78, 5) is 19.2. The first-order chi connectivity index (χ1) is 10.3. The van der Waals surface area contributed by atoms with E-state index < -0.39 is 0 Å². The highest BCUT2D eigenvalue weighted by Crippen LogP contribution is 2.25. The van der Waals surface area contributed by atoms with Crippen LogP contribution in [-0.4, -0.2) is 22.3 Å². The molecule has 1 amide bonds. The number of hydrogen-bond donors (Lipinski definition) is 1. The fourth-order valence-corrected chi connectivity index (χ4v) is 3.90. The predicted molar refractivity (Wildman–Crippen MR) is 85.4 cm³/mol. The number of amides is 1. The first kappa shape index (κ1) is 12.7. The van der Waals surface area contributed by atoms with Gasteiger partial charge in [-0.1, -0.05) is 18.2 Å². The molecular formula is C17H16N2OS. The van der Waals surface area contributed by atoms with Gasteiger partial charge in [-0.2, -0.15) is 0 Å². The molecule has 3 heterocycles. The van der Waals surface area contributed by atoms with Gasteiger partial charge in [0, 0.05) is 35.1 Å². The quantitative estimate of drug-likeness (QED) is 0.773. The van der Waals surface area contributed by atoms with E-state index in [1.165, 1.54) is 10.4 Å². The van der Waals surface area contributed by atoms with Crippen molar-refractivity contribution in [3.63, 3.8) is 0 Å². The van der Waals surface area contributed by atoms with E-state index in [4.69, 9.17) is 0 Å². The standard InChI is InChI=1S/C17H16N2OS/c20-17(19-7-5-16-12(11-19)6-8-21-16)9-13-10-18-15-4-2-1-3-14(13)15/h1-4,6,8,10,18H,5,7,9,11H2. The second-order valence-electron chi connectivity index (χ2n) is 5.47. The van der Waals surface area contributed by atoms with Crippen LogP contribution in [-0.2, 0) is 24.2 Å². The SMILES string of the molecule is O=C(Cc1c[nH]c2ccccc12)N1CCc2sccc2C1. The van der Waals surface area contributed by atoms with E-state index in [1.54, 1.807) is 11.3 Å². The Hall–Kier alpha value is -2.07. The van der Waals surface area contributed by atoms with Crippen molar-refractivity contribution in [3.05, 3.63) is 57.9 Å². The van der Waals surface area contributed by atoms with Gasteiger partial charge in [-0.05, 0) is 35.1 Å². The number of fused-ring (bicyclic) bond motifs is 2. The Bertz CT molecular complexity index is 802. The zero-order valence-electron chi connectivity index (χ0n) is 11.6. The van der Waals surface area contributed by atoms with Gasteiger partial charge < -0.3 is 9.88 Å². The number of carbonyl (C=O) groups excluding carboxylic acids is 1. The third kappa shape index (κ3) is 2.25. The molecule has 1 aliphatic heterocycles. The zero-order chi connectivity index (χ0) is 14.2. The van der Waals surface area contributed by atoms with E-state index >= 15 is 0 Å². The molecule has 106 valence electrons. The highest BCUT2D eigenvalue weighted by molar-refractivity contribution is 7.10. The van der Waals surface area contributed by atoms with Crippen LogP contribution in [0, 0.1) is 0 Å². The molecule has 2 aromatic heterocycles. The Labute approximate surface area is 127 Å². The lowest BCUT2D eigenvalue weighted by atomic mass is 10.1. The summed E-state index contributed by atoms with van der Waals surface area (Å²) in [5.74, 6) is 0.219. The van der Waals surface area contributed by atoms with Crippen LogP contribution >= 0.6 is 11.3 Å². The molecule has 0 spiro atoms. The van der Waals surface area contributed by atoms with Gasteiger partial charge >= 0.3 is 0 Å². The molecule has 4 heteroatoms. The second kappa shape index (κ2) is 5.04. The van der Waals surface area contributed by atoms with Crippen molar-refractivity contribution < 1.29 is 4.79 Å². The minimum Gasteiger partial charge on any atom is -0.361 e. The molecule has 3 aromatic rings. The molecular weight excluding hydrogens is 280 g/mol. The third-order valence-electron chi connectivity index (χ3n) is 4.18. The number of aromatic nitrogens is 1. The minimum atomic E-state index is 0.219. The monoisotopic (exact) mass is 296 g/mol. The van der Waals surface area contributed by atoms with E-state index in [0.29, 0.717) is 6.42 Å². The molecule has 0 fully saturated rings. The number of benzene rings is 1. The second-order valence-corrected chi connectivity index (χ2v) is 6.47. The van der Waals surface area contributed by atoms with Gasteiger partial charge in [0.15, 0.2) is 0 Å². The van der Waals surface area contributed by atoms with E-state index in [2.05, 4.69) is 22.5 Å². The van der Waals surface area contributed by atoms with Crippen LogP contribution in [0.5, 0.6) is 0 Å². The maximum absolute atomic E-state index is 12.6. The Morgan fingerprint density at radius 2 is 2.19 bits per heavy atom. The van der Waals surface area contributed by atoms with Gasteiger partial charge in [-0.15, -0.1) is 11.3 Å². The Morgan fingerprint density at radius 1 is 1.29 bits per heavy atom. The van der Waals surface area contributed by atoms with E-state index in [9.17, 15) is 4.79 Å². The van der Waals surface area contributed by atoms with Gasteiger partial charge in [0.1, 0.15) is 0 Å². The van der Waals surface area contributed by atoms with E-state index in [0.717, 1.165) is 36.0 Å². The topological polar surface area (TPSA) is 36.1 Å². The van der Waals surface area contributed by atoms with Crippen LogP contribution < -0.4 is 0 Å². The maximum Gasteiger partial charge on any atom is 0.227 e. The molecule has 0 radical (unpaired) electrons. The lowest BCUT2D eigenvalue weighted by molar-refractivity contribution is -0.131. The zero-order valence-corrected chi connectivity index (χ0v) is 12.5.